The van der Waals surface area contributed by atoms with Crippen molar-refractivity contribution in [1.82, 2.24) is 0 Å². The van der Waals surface area contributed by atoms with Gasteiger partial charge in [0.25, 0.3) is 0 Å². The van der Waals surface area contributed by atoms with Crippen LogP contribution in [0.25, 0.3) is 0 Å². The third-order valence-electron chi connectivity index (χ3n) is 1.44. The molecule has 0 aliphatic heterocycles. The molecule has 0 spiro atoms. The van der Waals surface area contributed by atoms with E-state index in [1.165, 1.54) is 14.0 Å². The van der Waals surface area contributed by atoms with Gasteiger partial charge in [-0.1, -0.05) is 5.18 Å². The van der Waals surface area contributed by atoms with Gasteiger partial charge in [-0.15, -0.1) is 0 Å². The summed E-state index contributed by atoms with van der Waals surface area (Å²) in [4.78, 5) is 20.7. The number of nitroso groups, excluding NO2 is 1. The van der Waals surface area contributed by atoms with Gasteiger partial charge < -0.3 is 9.84 Å². The first-order valence-corrected chi connectivity index (χ1v) is 3.09. The van der Waals surface area contributed by atoms with Crippen LogP contribution in [-0.2, 0) is 9.53 Å². The van der Waals surface area contributed by atoms with Crippen LogP contribution in [0.3, 0.4) is 0 Å². The molecule has 0 bridgehead atoms. The van der Waals surface area contributed by atoms with Crippen LogP contribution in [-0.4, -0.2) is 31.3 Å². The molecule has 11 heavy (non-hydrogen) atoms. The smallest absolute Gasteiger partial charge is 0.315 e. The monoisotopic (exact) mass is 161 g/mol. The molecule has 0 amide bonds. The summed E-state index contributed by atoms with van der Waals surface area (Å²) < 4.78 is 4.36. The second-order valence-electron chi connectivity index (χ2n) is 2.50. The zero-order chi connectivity index (χ0) is 8.91. The third kappa shape index (κ3) is 2.27. The topological polar surface area (TPSA) is 76.0 Å². The van der Waals surface area contributed by atoms with E-state index in [9.17, 15) is 9.70 Å². The lowest BCUT2D eigenvalue weighted by atomic mass is 9.92. The average molecular weight is 161 g/mol. The van der Waals surface area contributed by atoms with Gasteiger partial charge in [-0.2, -0.15) is 4.91 Å². The fourth-order valence-electron chi connectivity index (χ4n) is 0.568. The number of carbonyl (C=O) groups excluding carboxylic acids is 1. The maximum Gasteiger partial charge on any atom is 0.315 e. The van der Waals surface area contributed by atoms with E-state index in [1.54, 1.807) is 0 Å². The van der Waals surface area contributed by atoms with E-state index >= 15 is 0 Å². The van der Waals surface area contributed by atoms with Crippen molar-refractivity contribution in [2.45, 2.75) is 6.92 Å². The Kier molecular flexibility index (Phi) is 3.67. The highest BCUT2D eigenvalue weighted by Gasteiger charge is 2.34. The van der Waals surface area contributed by atoms with Gasteiger partial charge >= 0.3 is 5.97 Å². The molecule has 0 radical (unpaired) electrons. The van der Waals surface area contributed by atoms with Gasteiger partial charge in [0.1, 0.15) is 5.41 Å². The standard InChI is InChI=1S/C6H11NO4/c1-6(4-8,3-7-10)5(9)11-2/h8H,3-4H2,1-2H3. The number of ether oxygens (including phenoxy) is 1. The normalized spacial score (nSPS) is 15.2. The largest absolute Gasteiger partial charge is 0.468 e. The van der Waals surface area contributed by atoms with Gasteiger partial charge in [-0.25, -0.2) is 0 Å². The Hall–Kier alpha value is -0.970. The van der Waals surface area contributed by atoms with Crippen LogP contribution in [0.1, 0.15) is 6.92 Å². The molecular formula is C6H11NO4. The minimum Gasteiger partial charge on any atom is -0.468 e. The van der Waals surface area contributed by atoms with Crippen molar-refractivity contribution in [2.75, 3.05) is 20.3 Å². The Balaban J connectivity index is 4.31. The highest BCUT2D eigenvalue weighted by atomic mass is 16.5. The predicted molar refractivity (Wildman–Crippen MR) is 37.9 cm³/mol. The van der Waals surface area contributed by atoms with Crippen molar-refractivity contribution in [2.24, 2.45) is 10.6 Å². The van der Waals surface area contributed by atoms with Gasteiger partial charge in [-0.3, -0.25) is 4.79 Å². The molecule has 1 N–H and O–H groups in total. The second-order valence-corrected chi connectivity index (χ2v) is 2.50. The molecule has 0 rings (SSSR count). The van der Waals surface area contributed by atoms with Crippen LogP contribution in [0.5, 0.6) is 0 Å². The van der Waals surface area contributed by atoms with E-state index in [2.05, 4.69) is 9.91 Å². The minimum absolute atomic E-state index is 0.268. The maximum atomic E-state index is 10.9. The van der Waals surface area contributed by atoms with Crippen LogP contribution in [0.4, 0.5) is 0 Å². The van der Waals surface area contributed by atoms with Gasteiger partial charge in [0.15, 0.2) is 0 Å². The number of hydrogen-bond acceptors (Lipinski definition) is 5. The first kappa shape index (κ1) is 10.0. The predicted octanol–water partition coefficient (Wildman–Crippen LogP) is -0.0756. The molecule has 0 fully saturated rings. The molecule has 5 nitrogen and oxygen atoms in total. The summed E-state index contributed by atoms with van der Waals surface area (Å²) in [6, 6.07) is 0. The maximum absolute atomic E-state index is 10.9. The number of nitrogens with zero attached hydrogens (tertiary/aromatic N) is 1. The lowest BCUT2D eigenvalue weighted by molar-refractivity contribution is -0.153. The van der Waals surface area contributed by atoms with E-state index in [0.717, 1.165) is 0 Å². The Morgan fingerprint density at radius 3 is 2.55 bits per heavy atom. The van der Waals surface area contributed by atoms with Crippen molar-refractivity contribution in [3.05, 3.63) is 4.91 Å². The van der Waals surface area contributed by atoms with Crippen LogP contribution < -0.4 is 0 Å². The van der Waals surface area contributed by atoms with Crippen molar-refractivity contribution < 1.29 is 14.6 Å². The summed E-state index contributed by atoms with van der Waals surface area (Å²) in [5.41, 5.74) is -1.18. The van der Waals surface area contributed by atoms with Crippen LogP contribution in [0.15, 0.2) is 5.18 Å². The summed E-state index contributed by atoms with van der Waals surface area (Å²) in [6.45, 7) is 0.710. The molecule has 0 aromatic carbocycles. The van der Waals surface area contributed by atoms with Gasteiger partial charge in [0, 0.05) is 0 Å². The lowest BCUT2D eigenvalue weighted by Crippen LogP contribution is -2.35. The number of aliphatic hydroxyl groups excluding tert-OH is 1. The summed E-state index contributed by atoms with van der Waals surface area (Å²) in [5.74, 6) is -0.625. The summed E-state index contributed by atoms with van der Waals surface area (Å²) in [6.07, 6.45) is 0. The zero-order valence-corrected chi connectivity index (χ0v) is 6.53. The third-order valence-corrected chi connectivity index (χ3v) is 1.44. The number of aliphatic hydroxyl groups is 1. The van der Waals surface area contributed by atoms with Crippen LogP contribution >= 0.6 is 0 Å². The molecule has 0 aromatic heterocycles. The number of carbonyl (C=O) groups is 1. The van der Waals surface area contributed by atoms with Crippen molar-refractivity contribution in [1.29, 1.82) is 0 Å². The fraction of sp³-hybridized carbons (Fsp3) is 0.833. The Morgan fingerprint density at radius 2 is 2.27 bits per heavy atom. The van der Waals surface area contributed by atoms with E-state index < -0.39 is 18.0 Å². The van der Waals surface area contributed by atoms with E-state index in [0.29, 0.717) is 0 Å². The average Bonchev–Trinajstić information content (AvgIpc) is 2.03. The number of rotatable bonds is 4. The Labute approximate surface area is 64.3 Å². The number of hydrogen-bond donors (Lipinski definition) is 1. The molecule has 0 aliphatic rings. The Bertz CT molecular complexity index is 159. The van der Waals surface area contributed by atoms with E-state index in [4.69, 9.17) is 5.11 Å². The zero-order valence-electron chi connectivity index (χ0n) is 6.53. The lowest BCUT2D eigenvalue weighted by Gasteiger charge is -2.19. The minimum atomic E-state index is -1.18. The molecule has 64 valence electrons. The molecule has 0 aliphatic carbocycles. The molecule has 5 heteroatoms. The molecule has 0 saturated carbocycles. The molecule has 1 atom stereocenters. The fourth-order valence-corrected chi connectivity index (χ4v) is 0.568. The van der Waals surface area contributed by atoms with Crippen molar-refractivity contribution in [3.63, 3.8) is 0 Å². The second kappa shape index (κ2) is 4.02. The highest BCUT2D eigenvalue weighted by molar-refractivity contribution is 5.76. The van der Waals surface area contributed by atoms with E-state index in [1.807, 2.05) is 0 Å². The highest BCUT2D eigenvalue weighted by Crippen LogP contribution is 2.17. The molecule has 0 heterocycles. The molecule has 1 unspecified atom stereocenters. The van der Waals surface area contributed by atoms with Gasteiger partial charge in [0.05, 0.1) is 20.3 Å². The van der Waals surface area contributed by atoms with Gasteiger partial charge in [-0.05, 0) is 6.92 Å². The van der Waals surface area contributed by atoms with Crippen LogP contribution in [0.2, 0.25) is 0 Å². The number of methoxy groups -OCH3 is 1. The Morgan fingerprint density at radius 1 is 1.73 bits per heavy atom. The van der Waals surface area contributed by atoms with Crippen molar-refractivity contribution in [3.8, 4) is 0 Å². The van der Waals surface area contributed by atoms with Gasteiger partial charge in [0.2, 0.25) is 0 Å². The first-order valence-electron chi connectivity index (χ1n) is 3.09. The number of esters is 1. The van der Waals surface area contributed by atoms with E-state index in [-0.39, 0.29) is 6.54 Å². The summed E-state index contributed by atoms with van der Waals surface area (Å²) in [7, 11) is 1.20. The van der Waals surface area contributed by atoms with Crippen LogP contribution in [0, 0.1) is 10.3 Å². The molecular weight excluding hydrogens is 150 g/mol. The summed E-state index contributed by atoms with van der Waals surface area (Å²) >= 11 is 0. The van der Waals surface area contributed by atoms with Crippen molar-refractivity contribution >= 4 is 5.97 Å². The molecule has 0 saturated heterocycles. The SMILES string of the molecule is COC(=O)C(C)(CO)CN=O. The quantitative estimate of drug-likeness (QED) is 0.462. The first-order chi connectivity index (χ1) is 5.10. The molecule has 0 aromatic rings. The summed E-state index contributed by atoms with van der Waals surface area (Å²) in [5, 5.41) is 11.3.